The van der Waals surface area contributed by atoms with E-state index >= 15 is 0 Å². The minimum absolute atomic E-state index is 0.623. The Kier molecular flexibility index (Phi) is 17.5. The molecule has 0 saturated carbocycles. The Labute approximate surface area is 582 Å². The van der Waals surface area contributed by atoms with Crippen LogP contribution in [-0.4, -0.2) is 64.9 Å². The van der Waals surface area contributed by atoms with Crippen LogP contribution in [0.2, 0.25) is 0 Å². The molecule has 0 aliphatic rings. The first-order chi connectivity index (χ1) is 48.5. The molecule has 0 unspecified atom stereocenters. The zero-order valence-electron chi connectivity index (χ0n) is 56.3. The van der Waals surface area contributed by atoms with Crippen molar-refractivity contribution >= 4 is 113 Å². The van der Waals surface area contributed by atoms with Crippen LogP contribution in [-0.2, 0) is 13.7 Å². The number of hydrogen-bond donors (Lipinski definition) is 0. The van der Waals surface area contributed by atoms with Gasteiger partial charge in [0.25, 0.3) is 0 Å². The normalized spacial score (nSPS) is 11.8. The lowest BCUT2D eigenvalue weighted by atomic mass is 9.91. The molecule has 0 aliphatic heterocycles. The number of aromatic nitrogens is 5. The Morgan fingerprint density at radius 1 is 0.210 bits per heavy atom. The maximum Gasteiger partial charge on any atom is 0.164 e. The third-order valence-electron chi connectivity index (χ3n) is 18.5. The van der Waals surface area contributed by atoms with Gasteiger partial charge in [0.05, 0.1) is 22.1 Å². The van der Waals surface area contributed by atoms with Crippen LogP contribution in [0.15, 0.2) is 315 Å². The molecule has 17 rings (SSSR count). The van der Waals surface area contributed by atoms with E-state index in [0.29, 0.717) is 17.5 Å². The molecule has 0 spiro atoms. The van der Waals surface area contributed by atoms with Crippen molar-refractivity contribution in [2.24, 2.45) is 0 Å². The quantitative estimate of drug-likeness (QED) is 0.0755. The van der Waals surface area contributed by atoms with E-state index in [1.165, 1.54) is 27.3 Å². The van der Waals surface area contributed by atoms with E-state index in [4.69, 9.17) is 24.9 Å². The van der Waals surface area contributed by atoms with Gasteiger partial charge in [-0.05, 0) is 108 Å². The van der Waals surface area contributed by atoms with E-state index in [2.05, 4.69) is 188 Å². The molecule has 3 aromatic heterocycles. The van der Waals surface area contributed by atoms with Crippen LogP contribution in [0, 0.1) is 0 Å². The van der Waals surface area contributed by atoms with Crippen molar-refractivity contribution in [2.75, 3.05) is 40.0 Å². The van der Waals surface area contributed by atoms with Gasteiger partial charge in [-0.3, -0.25) is 0 Å². The topological polar surface area (TPSA) is 116 Å². The summed E-state index contributed by atoms with van der Waals surface area (Å²) in [6.07, 6.45) is 0. The molecule has 0 amide bonds. The summed E-state index contributed by atoms with van der Waals surface area (Å²) in [7, 11) is -6.88. The van der Waals surface area contributed by atoms with Gasteiger partial charge < -0.3 is 13.7 Å². The number of fused-ring (bicyclic) bond motifs is 10. The summed E-state index contributed by atoms with van der Waals surface area (Å²) in [5.74, 6) is 1.90. The van der Waals surface area contributed by atoms with Crippen LogP contribution in [0.1, 0.15) is 0 Å². The zero-order valence-corrected chi connectivity index (χ0v) is 59.0. The highest BCUT2D eigenvalue weighted by Gasteiger charge is 2.20. The van der Waals surface area contributed by atoms with Gasteiger partial charge in [-0.15, -0.1) is 0 Å². The van der Waals surface area contributed by atoms with Crippen molar-refractivity contribution in [2.45, 2.75) is 0 Å². The highest BCUT2D eigenvalue weighted by atomic mass is 31.2. The van der Waals surface area contributed by atoms with E-state index in [9.17, 15) is 13.7 Å². The lowest BCUT2D eigenvalue weighted by molar-refractivity contribution is 0.587. The number of hydrogen-bond acceptors (Lipinski definition) is 8. The maximum absolute atomic E-state index is 12.7. The van der Waals surface area contributed by atoms with Gasteiger partial charge in [0.15, 0.2) is 17.5 Å². The molecule has 100 heavy (non-hydrogen) atoms. The SMILES string of the molecule is CP(C)(=O)c1ccc(-c2c3ccccc3nc3c2ccc2ccccc23)cc1.CP(C)(=O)c1ccc(-c2cccc(-c3nc(-c4ccccc4)nc(-c4ccccc4)n3)c2)cc1.CP(C)(=O)c1cccc(-c2ccc(-c3c4ccc5ccccc5c4nc4c3ccc3ccccc34)cc2)c1. The van der Waals surface area contributed by atoms with Gasteiger partial charge in [0.1, 0.15) is 21.4 Å². The van der Waals surface area contributed by atoms with Gasteiger partial charge >= 0.3 is 0 Å². The molecule has 14 aromatic carbocycles. The van der Waals surface area contributed by atoms with Gasteiger partial charge in [0, 0.05) is 81.4 Å². The van der Waals surface area contributed by atoms with Gasteiger partial charge in [-0.25, -0.2) is 24.9 Å². The predicted molar refractivity (Wildman–Crippen MR) is 426 cm³/mol. The maximum atomic E-state index is 12.7. The highest BCUT2D eigenvalue weighted by Crippen LogP contribution is 2.44. The monoisotopic (exact) mass is 1350 g/mol. The van der Waals surface area contributed by atoms with E-state index in [0.717, 1.165) is 126 Å². The van der Waals surface area contributed by atoms with Crippen molar-refractivity contribution in [1.29, 1.82) is 0 Å². The lowest BCUT2D eigenvalue weighted by Crippen LogP contribution is -2.02. The van der Waals surface area contributed by atoms with Crippen LogP contribution in [0.25, 0.3) is 155 Å². The molecule has 484 valence electrons. The summed E-state index contributed by atoms with van der Waals surface area (Å²) in [5.41, 5.74) is 15.8. The fourth-order valence-electron chi connectivity index (χ4n) is 13.3. The summed E-state index contributed by atoms with van der Waals surface area (Å²) in [4.78, 5) is 24.7. The minimum atomic E-state index is -2.33. The second kappa shape index (κ2) is 27.0. The molecule has 0 bridgehead atoms. The molecule has 0 N–H and O–H groups in total. The largest absolute Gasteiger partial charge is 0.319 e. The summed E-state index contributed by atoms with van der Waals surface area (Å²) in [6.45, 7) is 10.8. The van der Waals surface area contributed by atoms with Crippen LogP contribution in [0.3, 0.4) is 0 Å². The predicted octanol–water partition coefficient (Wildman–Crippen LogP) is 22.5. The van der Waals surface area contributed by atoms with Gasteiger partial charge in [-0.1, -0.05) is 297 Å². The Hall–Kier alpha value is -11.1. The third-order valence-corrected chi connectivity index (χ3v) is 23.1. The van der Waals surface area contributed by atoms with Crippen molar-refractivity contribution in [3.63, 3.8) is 0 Å². The van der Waals surface area contributed by atoms with Gasteiger partial charge in [-0.2, -0.15) is 0 Å². The Bertz CT molecular complexity index is 5980. The molecule has 0 fully saturated rings. The molecular weight excluding hydrogens is 1280 g/mol. The number of benzene rings is 14. The summed E-state index contributed by atoms with van der Waals surface area (Å²) in [5, 5.41) is 14.3. The molecule has 11 heteroatoms. The number of pyridine rings is 2. The van der Waals surface area contributed by atoms with Crippen LogP contribution in [0.5, 0.6) is 0 Å². The van der Waals surface area contributed by atoms with Crippen LogP contribution >= 0.6 is 21.4 Å². The number of para-hydroxylation sites is 1. The minimum Gasteiger partial charge on any atom is -0.319 e. The molecule has 8 nitrogen and oxygen atoms in total. The second-order valence-electron chi connectivity index (χ2n) is 26.4. The molecule has 0 saturated heterocycles. The standard InChI is InChI=1S/C35H26NOP.C29H24N3OP.C25H20NOP/c1-38(2,37)28-11-7-10-27(22-28)23-14-16-26(17-15-23)33-31-20-18-24-8-3-5-12-29(24)34(31)36-35-30-13-6-4-9-25(30)19-21-32(33)35;1-34(2,33)26-18-16-21(17-19-26)24-14-9-15-25(20-24)29-31-27(22-10-5-3-6-11-22)30-28(32-29)23-12-7-4-8-13-23;1-28(2,27)19-14-11-18(12-15-19)24-21-9-5-6-10-23(21)26-25-20-8-4-3-7-17(20)13-16-22(24)25/h3-22H,1-2H3;3-20H,1-2H3;3-16H,1-2H3. The second-order valence-corrected chi connectivity index (χ2v) is 36.1. The first-order valence-electron chi connectivity index (χ1n) is 33.4. The molecular formula is C89H70N5O3P3. The molecule has 0 atom stereocenters. The van der Waals surface area contributed by atoms with Crippen molar-refractivity contribution in [1.82, 2.24) is 24.9 Å². The van der Waals surface area contributed by atoms with E-state index in [-0.39, 0.29) is 0 Å². The summed E-state index contributed by atoms with van der Waals surface area (Å²) >= 11 is 0. The average Bonchev–Trinajstić information content (AvgIpc) is 0.738. The molecule has 3 heterocycles. The Balaban J connectivity index is 0.000000123. The van der Waals surface area contributed by atoms with Crippen molar-refractivity contribution < 1.29 is 13.7 Å². The van der Waals surface area contributed by atoms with Crippen LogP contribution in [0.4, 0.5) is 0 Å². The first kappa shape index (κ1) is 64.9. The Morgan fingerprint density at radius 2 is 0.540 bits per heavy atom. The first-order valence-corrected chi connectivity index (χ1v) is 41.2. The fourth-order valence-corrected chi connectivity index (χ4v) is 15.9. The molecule has 17 aromatic rings. The van der Waals surface area contributed by atoms with Crippen LogP contribution < -0.4 is 15.9 Å². The van der Waals surface area contributed by atoms with E-state index in [1.54, 1.807) is 13.3 Å². The molecule has 0 radical (unpaired) electrons. The van der Waals surface area contributed by atoms with Crippen molar-refractivity contribution in [3.05, 3.63) is 315 Å². The average molecular weight is 1350 g/mol. The number of nitrogens with zero attached hydrogens (tertiary/aromatic N) is 5. The lowest BCUT2D eigenvalue weighted by Gasteiger charge is -2.15. The summed E-state index contributed by atoms with van der Waals surface area (Å²) in [6, 6.07) is 108. The summed E-state index contributed by atoms with van der Waals surface area (Å²) < 4.78 is 37.5. The van der Waals surface area contributed by atoms with Crippen molar-refractivity contribution in [3.8, 4) is 78.7 Å². The molecule has 0 aliphatic carbocycles. The Morgan fingerprint density at radius 3 is 1.00 bits per heavy atom. The highest BCUT2D eigenvalue weighted by molar-refractivity contribution is 7.70. The third kappa shape index (κ3) is 13.3. The van der Waals surface area contributed by atoms with Gasteiger partial charge in [0.2, 0.25) is 0 Å². The number of rotatable bonds is 10. The van der Waals surface area contributed by atoms with E-state index in [1.807, 2.05) is 154 Å². The van der Waals surface area contributed by atoms with E-state index < -0.39 is 21.4 Å². The smallest absolute Gasteiger partial charge is 0.164 e. The zero-order chi connectivity index (χ0) is 68.7. The fraction of sp³-hybridized carbons (Fsp3) is 0.0674.